The number of ether oxygens (including phenoxy) is 1. The van der Waals surface area contributed by atoms with Crippen LogP contribution < -0.4 is 10.1 Å². The molecule has 0 saturated carbocycles. The third-order valence-corrected chi connectivity index (χ3v) is 4.27. The Labute approximate surface area is 149 Å². The van der Waals surface area contributed by atoms with E-state index in [1.165, 1.54) is 0 Å². The first-order chi connectivity index (χ1) is 12.1. The van der Waals surface area contributed by atoms with Crippen LogP contribution in [0, 0.1) is 6.92 Å². The van der Waals surface area contributed by atoms with Crippen LogP contribution in [0.25, 0.3) is 0 Å². The number of benzene rings is 1. The van der Waals surface area contributed by atoms with E-state index < -0.39 is 0 Å². The average Bonchev–Trinajstić information content (AvgIpc) is 2.76. The quantitative estimate of drug-likeness (QED) is 0.908. The number of nitrogens with zero attached hydrogens (tertiary/aromatic N) is 2. The molecule has 1 amide bonds. The molecule has 132 valence electrons. The number of fused-ring (bicyclic) bond motifs is 1. The molecule has 1 aliphatic heterocycles. The number of aryl methyl sites for hydroxylation is 1. The molecule has 1 aromatic carbocycles. The highest BCUT2D eigenvalue weighted by Gasteiger charge is 2.18. The molecule has 0 spiro atoms. The third-order valence-electron chi connectivity index (χ3n) is 4.27. The number of hydrogen-bond acceptors (Lipinski definition) is 4. The van der Waals surface area contributed by atoms with Crippen molar-refractivity contribution in [1.82, 2.24) is 15.2 Å². The molecule has 1 N–H and O–H groups in total. The van der Waals surface area contributed by atoms with E-state index in [1.54, 1.807) is 0 Å². The topological polar surface area (TPSA) is 54.5 Å². The zero-order valence-corrected chi connectivity index (χ0v) is 14.9. The summed E-state index contributed by atoms with van der Waals surface area (Å²) >= 11 is 0. The molecule has 25 heavy (non-hydrogen) atoms. The molecule has 1 aromatic heterocycles. The number of rotatable bonds is 5. The summed E-state index contributed by atoms with van der Waals surface area (Å²) < 4.78 is 5.75. The van der Waals surface area contributed by atoms with Crippen molar-refractivity contribution in [1.29, 1.82) is 0 Å². The Hall–Kier alpha value is -2.40. The van der Waals surface area contributed by atoms with Gasteiger partial charge in [0.05, 0.1) is 6.54 Å². The summed E-state index contributed by atoms with van der Waals surface area (Å²) in [5.74, 6) is 0.962. The van der Waals surface area contributed by atoms with Gasteiger partial charge in [0.1, 0.15) is 12.4 Å². The average molecular weight is 339 g/mol. The number of pyridine rings is 1. The van der Waals surface area contributed by atoms with Crippen LogP contribution in [0.4, 0.5) is 0 Å². The van der Waals surface area contributed by atoms with Crippen molar-refractivity contribution >= 4 is 5.91 Å². The standard InChI is InChI=1S/C20H25N3O2/c1-15-6-5-8-18(21-15)12-16(2)22-20(24)14-23-10-11-25-19-9-4-3-7-17(19)13-23/h3-9,16H,10-14H2,1-2H3,(H,22,24). The van der Waals surface area contributed by atoms with E-state index in [2.05, 4.69) is 21.3 Å². The predicted molar refractivity (Wildman–Crippen MR) is 97.5 cm³/mol. The van der Waals surface area contributed by atoms with Crippen molar-refractivity contribution in [2.24, 2.45) is 0 Å². The van der Waals surface area contributed by atoms with E-state index in [4.69, 9.17) is 4.74 Å². The van der Waals surface area contributed by atoms with E-state index in [0.29, 0.717) is 13.2 Å². The maximum atomic E-state index is 12.4. The Balaban J connectivity index is 1.52. The minimum atomic E-state index is 0.0412. The third kappa shape index (κ3) is 5.03. The van der Waals surface area contributed by atoms with Crippen molar-refractivity contribution in [2.45, 2.75) is 32.9 Å². The number of hydrogen-bond donors (Lipinski definition) is 1. The lowest BCUT2D eigenvalue weighted by Gasteiger charge is -2.20. The largest absolute Gasteiger partial charge is 0.492 e. The summed E-state index contributed by atoms with van der Waals surface area (Å²) in [6.07, 6.45) is 0.735. The molecule has 0 radical (unpaired) electrons. The van der Waals surface area contributed by atoms with E-state index >= 15 is 0 Å². The van der Waals surface area contributed by atoms with Crippen LogP contribution >= 0.6 is 0 Å². The number of aromatic nitrogens is 1. The second-order valence-electron chi connectivity index (χ2n) is 6.61. The lowest BCUT2D eigenvalue weighted by molar-refractivity contribution is -0.123. The van der Waals surface area contributed by atoms with Gasteiger partial charge in [0, 0.05) is 42.5 Å². The number of nitrogens with one attached hydrogen (secondary N) is 1. The number of para-hydroxylation sites is 1. The molecule has 2 aromatic rings. The highest BCUT2D eigenvalue weighted by atomic mass is 16.5. The highest BCUT2D eigenvalue weighted by Crippen LogP contribution is 2.22. The van der Waals surface area contributed by atoms with Crippen LogP contribution in [0.3, 0.4) is 0 Å². The van der Waals surface area contributed by atoms with Gasteiger partial charge < -0.3 is 10.1 Å². The van der Waals surface area contributed by atoms with E-state index in [1.807, 2.05) is 50.2 Å². The number of amides is 1. The van der Waals surface area contributed by atoms with E-state index in [0.717, 1.165) is 42.2 Å². The van der Waals surface area contributed by atoms with Gasteiger partial charge in [-0.1, -0.05) is 24.3 Å². The molecule has 0 saturated heterocycles. The summed E-state index contributed by atoms with van der Waals surface area (Å²) in [7, 11) is 0. The Morgan fingerprint density at radius 3 is 2.96 bits per heavy atom. The van der Waals surface area contributed by atoms with Crippen LogP contribution in [-0.2, 0) is 17.8 Å². The van der Waals surface area contributed by atoms with Crippen LogP contribution in [0.2, 0.25) is 0 Å². The second kappa shape index (κ2) is 8.12. The van der Waals surface area contributed by atoms with Crippen LogP contribution in [0.5, 0.6) is 5.75 Å². The molecule has 1 aliphatic rings. The summed E-state index contributed by atoms with van der Waals surface area (Å²) in [6, 6.07) is 14.0. The highest BCUT2D eigenvalue weighted by molar-refractivity contribution is 5.78. The van der Waals surface area contributed by atoms with Gasteiger partial charge in [-0.05, 0) is 32.0 Å². The first-order valence-corrected chi connectivity index (χ1v) is 8.75. The first-order valence-electron chi connectivity index (χ1n) is 8.75. The van der Waals surface area contributed by atoms with Crippen molar-refractivity contribution in [3.05, 3.63) is 59.4 Å². The molecule has 3 rings (SSSR count). The van der Waals surface area contributed by atoms with Crippen molar-refractivity contribution in [2.75, 3.05) is 19.7 Å². The Morgan fingerprint density at radius 2 is 2.12 bits per heavy atom. The summed E-state index contributed by atoms with van der Waals surface area (Å²) in [6.45, 7) is 6.46. The fraction of sp³-hybridized carbons (Fsp3) is 0.400. The molecule has 5 heteroatoms. The van der Waals surface area contributed by atoms with Crippen LogP contribution in [0.1, 0.15) is 23.9 Å². The van der Waals surface area contributed by atoms with Crippen molar-refractivity contribution in [3.8, 4) is 5.75 Å². The summed E-state index contributed by atoms with van der Waals surface area (Å²) in [4.78, 5) is 19.0. The summed E-state index contributed by atoms with van der Waals surface area (Å²) in [5.41, 5.74) is 3.13. The number of carbonyl (C=O) groups excluding carboxylic acids is 1. The maximum absolute atomic E-state index is 12.4. The molecule has 5 nitrogen and oxygen atoms in total. The molecular formula is C20H25N3O2. The Morgan fingerprint density at radius 1 is 1.28 bits per heavy atom. The first kappa shape index (κ1) is 17.4. The van der Waals surface area contributed by atoms with Gasteiger partial charge in [-0.25, -0.2) is 0 Å². The van der Waals surface area contributed by atoms with Gasteiger partial charge in [0.15, 0.2) is 0 Å². The molecular weight excluding hydrogens is 314 g/mol. The smallest absolute Gasteiger partial charge is 0.234 e. The predicted octanol–water partition coefficient (Wildman–Crippen LogP) is 2.33. The summed E-state index contributed by atoms with van der Waals surface area (Å²) in [5, 5.41) is 3.08. The SMILES string of the molecule is Cc1cccc(CC(C)NC(=O)CN2CCOc3ccccc3C2)n1. The Kier molecular flexibility index (Phi) is 5.66. The molecule has 1 atom stereocenters. The monoisotopic (exact) mass is 339 g/mol. The Bertz CT molecular complexity index is 732. The minimum Gasteiger partial charge on any atom is -0.492 e. The van der Waals surface area contributed by atoms with Gasteiger partial charge in [-0.3, -0.25) is 14.7 Å². The fourth-order valence-electron chi connectivity index (χ4n) is 3.12. The van der Waals surface area contributed by atoms with E-state index in [9.17, 15) is 4.79 Å². The lowest BCUT2D eigenvalue weighted by Crippen LogP contribution is -2.42. The van der Waals surface area contributed by atoms with Crippen molar-refractivity contribution < 1.29 is 9.53 Å². The minimum absolute atomic E-state index is 0.0412. The normalized spacial score (nSPS) is 15.6. The van der Waals surface area contributed by atoms with Crippen LogP contribution in [-0.4, -0.2) is 41.5 Å². The van der Waals surface area contributed by atoms with E-state index in [-0.39, 0.29) is 11.9 Å². The molecule has 0 bridgehead atoms. The van der Waals surface area contributed by atoms with Gasteiger partial charge >= 0.3 is 0 Å². The molecule has 1 unspecified atom stereocenters. The molecule has 0 aliphatic carbocycles. The van der Waals surface area contributed by atoms with Crippen molar-refractivity contribution in [3.63, 3.8) is 0 Å². The van der Waals surface area contributed by atoms with Gasteiger partial charge in [0.2, 0.25) is 5.91 Å². The maximum Gasteiger partial charge on any atom is 0.234 e. The van der Waals surface area contributed by atoms with Gasteiger partial charge in [-0.15, -0.1) is 0 Å². The second-order valence-corrected chi connectivity index (χ2v) is 6.61. The number of carbonyl (C=O) groups is 1. The zero-order valence-electron chi connectivity index (χ0n) is 14.9. The fourth-order valence-corrected chi connectivity index (χ4v) is 3.12. The zero-order chi connectivity index (χ0) is 17.6. The lowest BCUT2D eigenvalue weighted by atomic mass is 10.1. The molecule has 2 heterocycles. The molecule has 0 fully saturated rings. The van der Waals surface area contributed by atoms with Gasteiger partial charge in [0.25, 0.3) is 0 Å². The van der Waals surface area contributed by atoms with Gasteiger partial charge in [-0.2, -0.15) is 0 Å². The van der Waals surface area contributed by atoms with Crippen LogP contribution in [0.15, 0.2) is 42.5 Å².